The van der Waals surface area contributed by atoms with Gasteiger partial charge in [-0.3, -0.25) is 74.1 Å². The molecule has 2 saturated heterocycles. The molecule has 2 fully saturated rings. The molecule has 33 nitrogen and oxygen atoms in total. The number of aliphatic carboxylic acids is 4. The van der Waals surface area contributed by atoms with Crippen molar-refractivity contribution in [1.29, 1.82) is 0 Å². The largest absolute Gasteiger partial charge is 4.00 e. The summed E-state index contributed by atoms with van der Waals surface area (Å²) < 4.78 is 90.0. The van der Waals surface area contributed by atoms with E-state index in [9.17, 15) is 19.2 Å². The van der Waals surface area contributed by atoms with Crippen LogP contribution < -0.4 is 4.90 Å². The second-order valence-electron chi connectivity index (χ2n) is 20.2. The first-order valence-electron chi connectivity index (χ1n) is 29.6. The minimum absolute atomic E-state index is 0. The van der Waals surface area contributed by atoms with E-state index in [2.05, 4.69) is 191 Å². The molecule has 5 radical (unpaired) electrons. The molecule has 111 heavy (non-hydrogen) atoms. The van der Waals surface area contributed by atoms with Crippen LogP contribution in [0, 0.1) is 79.8 Å². The molecule has 4 aromatic rings. The van der Waals surface area contributed by atoms with Crippen LogP contribution in [0.4, 0.5) is 5.69 Å². The van der Waals surface area contributed by atoms with Crippen molar-refractivity contribution in [2.75, 3.05) is 95.7 Å². The van der Waals surface area contributed by atoms with Crippen LogP contribution in [0.1, 0.15) is 109 Å². The Morgan fingerprint density at radius 3 is 1.08 bits per heavy atom. The first-order chi connectivity index (χ1) is 51.1. The third-order valence-electron chi connectivity index (χ3n) is 12.6. The summed E-state index contributed by atoms with van der Waals surface area (Å²) in [5.41, 5.74) is 5.91. The van der Waals surface area contributed by atoms with Gasteiger partial charge < -0.3 is 62.6 Å². The number of carbonyl (C=O) groups excluding carboxylic acids is 3. The standard InChI is InChI=1S/C17H20N2O2.C11H15N2O2.C11H16N2O2.C9H18N2O2.C9H20N2S.3CHO.12CO.5Tc/c1-13(2)14-6-8-16(9-7-14)19(12-17(20)21)11-15-5-3-4-10-18-15;1-8(2)9-3-4-13-10(5-9)6-12-7-11(14)15;1-9(2)13(8-11(14)15)7-10-5-3-4-6-12-10;1-8(2)11-5-3-10(4-6-11)7-9(12)13;1-9(2)11-5-3-10(4-6-11)7-8-12;15*1-2;;;;;/h3-10,13H,11-12H2,1-2H3,(H,20,21);3-5,8H,6-7H2,1-2H3,(H,14,15);3-6,9H,7-8H2,1-2H3,(H,14,15);8H,3-7H2,1-2H3,(H,12,13);9,12H,3-8H2,1-2H3;3*1H;;;;;;;;;;;;;;;;;/q;-1;;;;3*-1;;;;;;;;;;;;;;;;;+4/p-1. The van der Waals surface area contributed by atoms with Gasteiger partial charge in [-0.1, -0.05) is 52.0 Å². The first-order valence-corrected chi connectivity index (χ1v) is 30.2. The van der Waals surface area contributed by atoms with Crippen LogP contribution >= 0.6 is 0 Å². The van der Waals surface area contributed by atoms with Crippen LogP contribution in [0.3, 0.4) is 0 Å². The number of anilines is 1. The summed E-state index contributed by atoms with van der Waals surface area (Å²) in [6, 6.07) is 24.8. The summed E-state index contributed by atoms with van der Waals surface area (Å²) in [7, 11) is 0. The third kappa shape index (κ3) is 102. The normalized spacial score (nSPS) is 10.1. The number of carbonyl (C=O) groups is 4. The van der Waals surface area contributed by atoms with Crippen LogP contribution in [0.15, 0.2) is 91.4 Å². The van der Waals surface area contributed by atoms with Gasteiger partial charge in [-0.15, -0.1) is 6.54 Å². The fourth-order valence-electron chi connectivity index (χ4n) is 7.92. The Balaban J connectivity index is -0.0000000513. The van der Waals surface area contributed by atoms with Crippen LogP contribution in [-0.4, -0.2) is 213 Å². The number of carboxylic acid groups (broad SMARTS) is 4. The Bertz CT molecular complexity index is 2790. The predicted octanol–water partition coefficient (Wildman–Crippen LogP) is 6.21. The van der Waals surface area contributed by atoms with Gasteiger partial charge in [-0.25, -0.2) is 0 Å². The number of benzene rings is 1. The van der Waals surface area contributed by atoms with E-state index in [0.29, 0.717) is 43.6 Å². The van der Waals surface area contributed by atoms with Crippen molar-refractivity contribution in [1.82, 2.24) is 39.5 Å². The number of hydrogen-bond acceptors (Lipinski definition) is 17. The minimum atomic E-state index is -0.907. The summed E-state index contributed by atoms with van der Waals surface area (Å²) in [6.07, 6.45) is 5.17. The van der Waals surface area contributed by atoms with E-state index in [1.165, 1.54) is 37.3 Å². The Morgan fingerprint density at radius 1 is 0.450 bits per heavy atom. The Hall–Kier alpha value is -6.40. The van der Waals surface area contributed by atoms with E-state index in [1.807, 2.05) is 101 Å². The smallest absolute Gasteiger partial charge is 0.545 e. The molecule has 2 aliphatic heterocycles. The van der Waals surface area contributed by atoms with Gasteiger partial charge in [0.25, 0.3) is 5.97 Å². The van der Waals surface area contributed by atoms with Gasteiger partial charge in [0.2, 0.25) is 0 Å². The summed E-state index contributed by atoms with van der Waals surface area (Å²) in [5, 5.41) is 38.7. The van der Waals surface area contributed by atoms with E-state index < -0.39 is 23.9 Å². The Morgan fingerprint density at radius 2 is 0.793 bits per heavy atom. The van der Waals surface area contributed by atoms with Crippen molar-refractivity contribution in [3.05, 3.63) is 205 Å². The van der Waals surface area contributed by atoms with Crippen molar-refractivity contribution >= 4 is 62.6 Å². The molecule has 1 aromatic carbocycles. The van der Waals surface area contributed by atoms with E-state index in [-0.39, 0.29) is 133 Å². The summed E-state index contributed by atoms with van der Waals surface area (Å²) in [5.74, 6) is -1.50. The second-order valence-corrected chi connectivity index (χ2v) is 20.6. The summed E-state index contributed by atoms with van der Waals surface area (Å²) in [6.45, 7) is 96.2. The monoisotopic (exact) mass is 1980 g/mol. The predicted molar refractivity (Wildman–Crippen MR) is 372 cm³/mol. The van der Waals surface area contributed by atoms with E-state index in [0.717, 1.165) is 61.2 Å². The summed E-state index contributed by atoms with van der Waals surface area (Å²) >= 11 is 4.96. The molecule has 39 heteroatoms. The number of piperazine rings is 2. The van der Waals surface area contributed by atoms with Crippen LogP contribution in [-0.2, 0) is 222 Å². The zero-order chi connectivity index (χ0) is 86.6. The van der Waals surface area contributed by atoms with Gasteiger partial charge in [-0.05, 0) is 126 Å². The molecule has 0 unspecified atom stereocenters. The van der Waals surface area contributed by atoms with E-state index >= 15 is 0 Å². The fourth-order valence-corrected chi connectivity index (χ4v) is 8.18. The third-order valence-corrected chi connectivity index (χ3v) is 12.7. The van der Waals surface area contributed by atoms with Crippen LogP contribution in [0.25, 0.3) is 5.32 Å². The first kappa shape index (κ1) is 153. The maximum atomic E-state index is 11.1. The van der Waals surface area contributed by atoms with Gasteiger partial charge in [0.05, 0.1) is 31.0 Å². The molecule has 2 aliphatic rings. The van der Waals surface area contributed by atoms with Crippen molar-refractivity contribution in [3.63, 3.8) is 0 Å². The molecule has 0 saturated carbocycles. The summed E-state index contributed by atoms with van der Waals surface area (Å²) in [4.78, 5) is 91.3. The number of pyridine rings is 3. The zero-order valence-electron chi connectivity index (χ0n) is 62.6. The van der Waals surface area contributed by atoms with Crippen molar-refractivity contribution in [2.24, 2.45) is 0 Å². The van der Waals surface area contributed by atoms with Gasteiger partial charge in [-0.2, -0.15) is 5.75 Å². The van der Waals surface area contributed by atoms with Crippen molar-refractivity contribution < 1.29 is 210 Å². The molecule has 0 aliphatic carbocycles. The van der Waals surface area contributed by atoms with E-state index in [4.69, 9.17) is 103 Å². The SMILES string of the molecule is CC(C)N(CC(=O)O)Cc1ccccn1.CC(C)N1CCN(CC(=O)O)CC1.CC(C)N1CCN(CC[S-])CC1.CC(C)c1ccc(N(CC(=O)O)Cc2ccccn2)cc1.CC(C)c1ccnc(C[N-]CC(=O)O)c1.[C-]#[O+].[C-]#[O+].[C-]#[O+].[C-]#[O+].[C-]#[O+].[C-]#[O+].[C-]#[O+].[C-]#[O+].[C-]#[O+].[C-]#[O+].[C-]#[O+].[C-]#[O+].[CH-]=O.[CH-]=O.[CH-]=O.[Tc+4].[Tc].[Tc].[Tc].[Tc]. The molecular weight excluding hydrogens is 1890 g/mol. The number of rotatable bonds is 22. The maximum absolute atomic E-state index is 11.1. The molecule has 0 bridgehead atoms. The Labute approximate surface area is 726 Å². The molecule has 0 amide bonds. The minimum Gasteiger partial charge on any atom is -0.545 e. The number of aromatic nitrogens is 3. The topological polar surface area (TPSA) is 511 Å². The fraction of sp³-hybridized carbons (Fsp3) is 0.444. The number of nitrogens with zero attached hydrogens (tertiary/aromatic N) is 10. The molecule has 6 rings (SSSR count). The maximum Gasteiger partial charge on any atom is 4.00 e. The van der Waals surface area contributed by atoms with Gasteiger partial charge >= 0.3 is 174 Å². The molecule has 4 N–H and O–H groups in total. The Kier molecular flexibility index (Phi) is 176. The quantitative estimate of drug-likeness (QED) is 0.0294. The average Bonchev–Trinajstić information content (AvgIpc) is 0.864. The van der Waals surface area contributed by atoms with Gasteiger partial charge in [0.15, 0.2) is 0 Å². The molecule has 609 valence electrons. The molecule has 3 aromatic heterocycles. The van der Waals surface area contributed by atoms with Crippen LogP contribution in [0.2, 0.25) is 0 Å². The average molecular weight is 1990 g/mol. The van der Waals surface area contributed by atoms with Crippen LogP contribution in [0.5, 0.6) is 0 Å². The van der Waals surface area contributed by atoms with Crippen molar-refractivity contribution in [3.8, 4) is 0 Å². The number of carboxylic acids is 4. The number of hydrogen-bond donors (Lipinski definition) is 4. The molecule has 5 heterocycles. The molecule has 0 spiro atoms. The molecular formula is C72H91N10O23STc5-. The second kappa shape index (κ2) is 127. The van der Waals surface area contributed by atoms with Gasteiger partial charge in [0, 0.05) is 187 Å². The van der Waals surface area contributed by atoms with Gasteiger partial charge in [0.1, 0.15) is 6.54 Å². The zero-order valence-corrected chi connectivity index (χ0v) is 72.7. The van der Waals surface area contributed by atoms with E-state index in [1.54, 1.807) is 18.6 Å². The molecule has 0 atom stereocenters. The van der Waals surface area contributed by atoms with Crippen molar-refractivity contribution in [2.45, 2.75) is 119 Å².